The van der Waals surface area contributed by atoms with E-state index in [-0.39, 0.29) is 12.0 Å². The highest BCUT2D eigenvalue weighted by Crippen LogP contribution is 2.51. The van der Waals surface area contributed by atoms with E-state index >= 15 is 0 Å². The molecule has 0 aromatic heterocycles. The van der Waals surface area contributed by atoms with Gasteiger partial charge in [0.25, 0.3) is 0 Å². The SMILES string of the molecule is O=C(O)c1cccc2c1N[C@H](c1ccccc1Br)[C@H]1CC=C[C@H]21. The molecule has 3 nitrogen and oxygen atoms in total. The lowest BCUT2D eigenvalue weighted by molar-refractivity contribution is 0.0697. The number of nitrogens with one attached hydrogen (secondary N) is 1. The van der Waals surface area contributed by atoms with Crippen LogP contribution in [-0.2, 0) is 0 Å². The van der Waals surface area contributed by atoms with E-state index in [0.717, 1.165) is 22.1 Å². The molecule has 0 spiro atoms. The maximum absolute atomic E-state index is 11.6. The number of halogens is 1. The summed E-state index contributed by atoms with van der Waals surface area (Å²) in [7, 11) is 0. The van der Waals surface area contributed by atoms with Crippen molar-refractivity contribution in [2.45, 2.75) is 18.4 Å². The molecule has 2 aromatic rings. The molecule has 4 heteroatoms. The average molecular weight is 370 g/mol. The Morgan fingerprint density at radius 2 is 1.91 bits per heavy atom. The van der Waals surface area contributed by atoms with Crippen LogP contribution >= 0.6 is 15.9 Å². The van der Waals surface area contributed by atoms with E-state index in [1.807, 2.05) is 30.3 Å². The largest absolute Gasteiger partial charge is 0.478 e. The first kappa shape index (κ1) is 14.5. The summed E-state index contributed by atoms with van der Waals surface area (Å²) in [5, 5.41) is 13.1. The van der Waals surface area contributed by atoms with Crippen LogP contribution in [0.3, 0.4) is 0 Å². The molecular formula is C19H16BrNO2. The molecule has 2 N–H and O–H groups in total. The number of rotatable bonds is 2. The second kappa shape index (κ2) is 5.53. The molecule has 3 atom stereocenters. The third-order valence-corrected chi connectivity index (χ3v) is 5.59. The lowest BCUT2D eigenvalue weighted by Gasteiger charge is -2.38. The minimum absolute atomic E-state index is 0.0959. The van der Waals surface area contributed by atoms with E-state index in [0.29, 0.717) is 11.5 Å². The van der Waals surface area contributed by atoms with Crippen LogP contribution in [0.15, 0.2) is 59.1 Å². The van der Waals surface area contributed by atoms with Crippen molar-refractivity contribution in [3.8, 4) is 0 Å². The van der Waals surface area contributed by atoms with Gasteiger partial charge in [-0.2, -0.15) is 0 Å². The van der Waals surface area contributed by atoms with E-state index in [4.69, 9.17) is 0 Å². The molecule has 0 saturated carbocycles. The fourth-order valence-electron chi connectivity index (χ4n) is 3.83. The van der Waals surface area contributed by atoms with Gasteiger partial charge in [0.1, 0.15) is 0 Å². The molecule has 4 rings (SSSR count). The number of anilines is 1. The molecule has 0 amide bonds. The molecule has 0 radical (unpaired) electrons. The fourth-order valence-corrected chi connectivity index (χ4v) is 4.37. The number of para-hydroxylation sites is 1. The zero-order valence-corrected chi connectivity index (χ0v) is 14.0. The molecule has 0 fully saturated rings. The van der Waals surface area contributed by atoms with Crippen molar-refractivity contribution >= 4 is 27.6 Å². The van der Waals surface area contributed by atoms with Gasteiger partial charge in [-0.15, -0.1) is 0 Å². The predicted molar refractivity (Wildman–Crippen MR) is 93.9 cm³/mol. The first-order valence-electron chi connectivity index (χ1n) is 7.70. The average Bonchev–Trinajstić information content (AvgIpc) is 3.04. The van der Waals surface area contributed by atoms with Gasteiger partial charge >= 0.3 is 5.97 Å². The summed E-state index contributed by atoms with van der Waals surface area (Å²) in [6.07, 6.45) is 5.43. The Hall–Kier alpha value is -2.07. The van der Waals surface area contributed by atoms with Crippen LogP contribution in [0, 0.1) is 5.92 Å². The van der Waals surface area contributed by atoms with Crippen LogP contribution in [0.25, 0.3) is 0 Å². The van der Waals surface area contributed by atoms with E-state index < -0.39 is 5.97 Å². The molecule has 0 bridgehead atoms. The van der Waals surface area contributed by atoms with Crippen LogP contribution in [0.4, 0.5) is 5.69 Å². The predicted octanol–water partition coefficient (Wildman–Crippen LogP) is 4.97. The van der Waals surface area contributed by atoms with Crippen LogP contribution in [-0.4, -0.2) is 11.1 Å². The van der Waals surface area contributed by atoms with Crippen molar-refractivity contribution in [2.24, 2.45) is 5.92 Å². The molecule has 23 heavy (non-hydrogen) atoms. The maximum atomic E-state index is 11.6. The Balaban J connectivity index is 1.87. The van der Waals surface area contributed by atoms with Gasteiger partial charge < -0.3 is 10.4 Å². The summed E-state index contributed by atoms with van der Waals surface area (Å²) in [4.78, 5) is 11.6. The van der Waals surface area contributed by atoms with Gasteiger partial charge in [-0.3, -0.25) is 0 Å². The van der Waals surface area contributed by atoms with Crippen molar-refractivity contribution < 1.29 is 9.90 Å². The number of hydrogen-bond acceptors (Lipinski definition) is 2. The number of carbonyl (C=O) groups is 1. The number of carboxylic acid groups (broad SMARTS) is 1. The minimum Gasteiger partial charge on any atom is -0.478 e. The third kappa shape index (κ3) is 2.29. The number of allylic oxidation sites excluding steroid dienone is 2. The lowest BCUT2D eigenvalue weighted by Crippen LogP contribution is -2.30. The van der Waals surface area contributed by atoms with Gasteiger partial charge in [-0.1, -0.05) is 58.4 Å². The Bertz CT molecular complexity index is 815. The fraction of sp³-hybridized carbons (Fsp3) is 0.211. The van der Waals surface area contributed by atoms with Gasteiger partial charge in [-0.05, 0) is 35.6 Å². The molecule has 2 aromatic carbocycles. The number of benzene rings is 2. The number of aromatic carboxylic acids is 1. The van der Waals surface area contributed by atoms with Gasteiger partial charge in [0, 0.05) is 10.4 Å². The van der Waals surface area contributed by atoms with Crippen LogP contribution in [0.5, 0.6) is 0 Å². The van der Waals surface area contributed by atoms with Crippen LogP contribution in [0.2, 0.25) is 0 Å². The van der Waals surface area contributed by atoms with Gasteiger partial charge in [0.15, 0.2) is 0 Å². The maximum Gasteiger partial charge on any atom is 0.337 e. The zero-order valence-electron chi connectivity index (χ0n) is 12.4. The first-order valence-corrected chi connectivity index (χ1v) is 8.50. The van der Waals surface area contributed by atoms with Crippen molar-refractivity contribution in [1.29, 1.82) is 0 Å². The highest BCUT2D eigenvalue weighted by Gasteiger charge is 2.39. The van der Waals surface area contributed by atoms with Crippen molar-refractivity contribution in [1.82, 2.24) is 0 Å². The van der Waals surface area contributed by atoms with Crippen molar-refractivity contribution in [3.05, 3.63) is 75.8 Å². The van der Waals surface area contributed by atoms with E-state index in [1.165, 1.54) is 5.56 Å². The smallest absolute Gasteiger partial charge is 0.337 e. The highest BCUT2D eigenvalue weighted by molar-refractivity contribution is 9.10. The molecule has 116 valence electrons. The Morgan fingerprint density at radius 3 is 2.70 bits per heavy atom. The molecule has 1 aliphatic heterocycles. The van der Waals surface area contributed by atoms with Crippen LogP contribution < -0.4 is 5.32 Å². The Labute approximate surface area is 143 Å². The molecular weight excluding hydrogens is 354 g/mol. The summed E-state index contributed by atoms with van der Waals surface area (Å²) in [5.41, 5.74) is 3.37. The summed E-state index contributed by atoms with van der Waals surface area (Å²) in [6.45, 7) is 0. The number of carboxylic acids is 1. The molecule has 0 unspecified atom stereocenters. The van der Waals surface area contributed by atoms with Gasteiger partial charge in [0.2, 0.25) is 0 Å². The quantitative estimate of drug-likeness (QED) is 0.734. The summed E-state index contributed by atoms with van der Waals surface area (Å²) < 4.78 is 1.06. The van der Waals surface area contributed by atoms with Crippen LogP contribution in [0.1, 0.15) is 39.9 Å². The Morgan fingerprint density at radius 1 is 1.13 bits per heavy atom. The van der Waals surface area contributed by atoms with E-state index in [9.17, 15) is 9.90 Å². The topological polar surface area (TPSA) is 49.3 Å². The second-order valence-corrected chi connectivity index (χ2v) is 6.93. The summed E-state index contributed by atoms with van der Waals surface area (Å²) in [5.74, 6) is -0.214. The summed E-state index contributed by atoms with van der Waals surface area (Å²) in [6, 6.07) is 13.8. The first-order chi connectivity index (χ1) is 11.2. The monoisotopic (exact) mass is 369 g/mol. The number of hydrogen-bond donors (Lipinski definition) is 2. The van der Waals surface area contributed by atoms with Crippen molar-refractivity contribution in [3.63, 3.8) is 0 Å². The van der Waals surface area contributed by atoms with E-state index in [1.54, 1.807) is 6.07 Å². The third-order valence-electron chi connectivity index (χ3n) is 4.87. The minimum atomic E-state index is -0.888. The summed E-state index contributed by atoms with van der Waals surface area (Å²) >= 11 is 3.64. The highest BCUT2D eigenvalue weighted by atomic mass is 79.9. The number of fused-ring (bicyclic) bond motifs is 3. The lowest BCUT2D eigenvalue weighted by atomic mass is 9.76. The second-order valence-electron chi connectivity index (χ2n) is 6.07. The Kier molecular flexibility index (Phi) is 3.49. The van der Waals surface area contributed by atoms with Gasteiger partial charge in [-0.25, -0.2) is 4.79 Å². The van der Waals surface area contributed by atoms with Crippen molar-refractivity contribution in [2.75, 3.05) is 5.32 Å². The normalized spacial score (nSPS) is 24.7. The molecule has 0 saturated heterocycles. The standard InChI is InChI=1S/C19H16BrNO2/c20-16-10-2-1-5-14(16)17-12-7-3-6-11(12)13-8-4-9-15(19(22)23)18(13)21-17/h1-6,8-12,17,21H,7H2,(H,22,23)/t11-,12-,17-/m0/s1. The molecule has 1 aliphatic carbocycles. The van der Waals surface area contributed by atoms with Gasteiger partial charge in [0.05, 0.1) is 17.3 Å². The van der Waals surface area contributed by atoms with E-state index in [2.05, 4.69) is 39.5 Å². The molecule has 1 heterocycles. The zero-order chi connectivity index (χ0) is 16.0. The molecule has 2 aliphatic rings.